The third-order valence-electron chi connectivity index (χ3n) is 7.48. The lowest BCUT2D eigenvalue weighted by molar-refractivity contribution is 0.312. The van der Waals surface area contributed by atoms with E-state index in [1.807, 2.05) is 0 Å². The van der Waals surface area contributed by atoms with Crippen LogP contribution in [0.2, 0.25) is 0 Å². The quantitative estimate of drug-likeness (QED) is 0.195. The Morgan fingerprint density at radius 3 is 2.06 bits per heavy atom. The van der Waals surface area contributed by atoms with Crippen LogP contribution in [0.1, 0.15) is 73.3 Å². The average molecular weight is 481 g/mol. The molecular weight excluding hydrogens is 452 g/mol. The van der Waals surface area contributed by atoms with Crippen molar-refractivity contribution < 1.29 is 22.3 Å². The van der Waals surface area contributed by atoms with Crippen LogP contribution in [0.25, 0.3) is 23.3 Å². The fourth-order valence-electron chi connectivity index (χ4n) is 5.13. The van der Waals surface area contributed by atoms with E-state index >= 15 is 0 Å². The standard InChI is InChI=1S/C30H28F4O/c1-2-18-3-8-20(9-4-18)23-14-13-22(27(31)28(23)32)12-7-19-5-10-21(11-6-19)24-15-16-25(26-17-35-26)30(34)29(24)33/h5-7,10-16,18,20,26H,2-4,8-9,17H2,1H3/b12-7+. The Bertz CT molecular complexity index is 1240. The fourth-order valence-corrected chi connectivity index (χ4v) is 5.13. The van der Waals surface area contributed by atoms with E-state index in [9.17, 15) is 17.6 Å². The van der Waals surface area contributed by atoms with Crippen LogP contribution in [-0.2, 0) is 4.74 Å². The van der Waals surface area contributed by atoms with Crippen molar-refractivity contribution in [3.63, 3.8) is 0 Å². The molecule has 1 saturated carbocycles. The summed E-state index contributed by atoms with van der Waals surface area (Å²) in [6.07, 6.45) is 7.93. The van der Waals surface area contributed by atoms with Crippen LogP contribution in [0, 0.1) is 29.2 Å². The lowest BCUT2D eigenvalue weighted by Gasteiger charge is -2.28. The molecule has 1 saturated heterocycles. The van der Waals surface area contributed by atoms with Crippen molar-refractivity contribution in [2.75, 3.05) is 6.61 Å². The van der Waals surface area contributed by atoms with E-state index in [2.05, 4.69) is 6.92 Å². The minimum atomic E-state index is -0.901. The number of halogens is 4. The van der Waals surface area contributed by atoms with Gasteiger partial charge in [0.25, 0.3) is 0 Å². The van der Waals surface area contributed by atoms with Gasteiger partial charge in [-0.3, -0.25) is 0 Å². The van der Waals surface area contributed by atoms with Gasteiger partial charge in [0, 0.05) is 16.7 Å². The molecule has 182 valence electrons. The van der Waals surface area contributed by atoms with Gasteiger partial charge in [-0.1, -0.05) is 74.0 Å². The van der Waals surface area contributed by atoms with Gasteiger partial charge in [0.2, 0.25) is 0 Å². The van der Waals surface area contributed by atoms with Crippen molar-refractivity contribution in [1.82, 2.24) is 0 Å². The summed E-state index contributed by atoms with van der Waals surface area (Å²) in [6.45, 7) is 2.59. The van der Waals surface area contributed by atoms with Gasteiger partial charge in [-0.05, 0) is 54.2 Å². The molecule has 3 aromatic carbocycles. The van der Waals surface area contributed by atoms with Gasteiger partial charge in [0.05, 0.1) is 6.61 Å². The maximum atomic E-state index is 14.9. The van der Waals surface area contributed by atoms with Crippen LogP contribution in [0.5, 0.6) is 0 Å². The normalized spacial score (nSPS) is 22.0. The van der Waals surface area contributed by atoms with Gasteiger partial charge >= 0.3 is 0 Å². The Labute approximate surface area is 203 Å². The van der Waals surface area contributed by atoms with Crippen molar-refractivity contribution >= 4 is 12.2 Å². The summed E-state index contributed by atoms with van der Waals surface area (Å²) in [4.78, 5) is 0. The van der Waals surface area contributed by atoms with E-state index in [1.54, 1.807) is 54.6 Å². The molecule has 5 rings (SSSR count). The third-order valence-corrected chi connectivity index (χ3v) is 7.48. The topological polar surface area (TPSA) is 12.5 Å². The molecule has 1 aliphatic carbocycles. The molecule has 2 fully saturated rings. The molecule has 0 amide bonds. The first kappa shape index (κ1) is 23.8. The van der Waals surface area contributed by atoms with Crippen LogP contribution < -0.4 is 0 Å². The molecule has 1 unspecified atom stereocenters. The molecule has 1 aliphatic heterocycles. The number of hydrogen-bond acceptors (Lipinski definition) is 1. The number of ether oxygens (including phenoxy) is 1. The highest BCUT2D eigenvalue weighted by molar-refractivity contribution is 5.73. The third kappa shape index (κ3) is 4.92. The predicted octanol–water partition coefficient (Wildman–Crippen LogP) is 8.84. The van der Waals surface area contributed by atoms with Crippen molar-refractivity contribution in [3.05, 3.63) is 94.1 Å². The Kier molecular flexibility index (Phi) is 6.79. The molecule has 1 atom stereocenters. The summed E-state index contributed by atoms with van der Waals surface area (Å²) in [6, 6.07) is 13.3. The molecule has 5 heteroatoms. The Morgan fingerprint density at radius 1 is 0.743 bits per heavy atom. The minimum Gasteiger partial charge on any atom is -0.368 e. The summed E-state index contributed by atoms with van der Waals surface area (Å²) < 4.78 is 63.6. The molecule has 3 aromatic rings. The Morgan fingerprint density at radius 2 is 1.40 bits per heavy atom. The van der Waals surface area contributed by atoms with E-state index in [1.165, 1.54) is 6.08 Å². The summed E-state index contributed by atoms with van der Waals surface area (Å²) in [5, 5.41) is 0. The average Bonchev–Trinajstić information content (AvgIpc) is 3.72. The van der Waals surface area contributed by atoms with E-state index in [-0.39, 0.29) is 28.7 Å². The van der Waals surface area contributed by atoms with E-state index in [4.69, 9.17) is 4.74 Å². The van der Waals surface area contributed by atoms with Crippen LogP contribution in [-0.4, -0.2) is 6.61 Å². The largest absolute Gasteiger partial charge is 0.368 e. The summed E-state index contributed by atoms with van der Waals surface area (Å²) >= 11 is 0. The monoisotopic (exact) mass is 480 g/mol. The van der Waals surface area contributed by atoms with Gasteiger partial charge in [-0.25, -0.2) is 17.6 Å². The van der Waals surface area contributed by atoms with Crippen LogP contribution in [0.4, 0.5) is 17.6 Å². The molecule has 35 heavy (non-hydrogen) atoms. The summed E-state index contributed by atoms with van der Waals surface area (Å²) in [7, 11) is 0. The smallest absolute Gasteiger partial charge is 0.167 e. The fraction of sp³-hybridized carbons (Fsp3) is 0.333. The van der Waals surface area contributed by atoms with Gasteiger partial charge in [-0.2, -0.15) is 0 Å². The van der Waals surface area contributed by atoms with Crippen molar-refractivity contribution in [3.8, 4) is 11.1 Å². The van der Waals surface area contributed by atoms with Gasteiger partial charge in [-0.15, -0.1) is 0 Å². The number of benzene rings is 3. The first-order valence-electron chi connectivity index (χ1n) is 12.3. The molecule has 2 aliphatic rings. The van der Waals surface area contributed by atoms with Gasteiger partial charge < -0.3 is 4.74 Å². The highest BCUT2D eigenvalue weighted by Crippen LogP contribution is 2.39. The van der Waals surface area contributed by atoms with Gasteiger partial charge in [0.1, 0.15) is 6.10 Å². The zero-order valence-corrected chi connectivity index (χ0v) is 19.7. The van der Waals surface area contributed by atoms with E-state index in [0.29, 0.717) is 23.7 Å². The SMILES string of the molecule is CCC1CCC(c2ccc(/C=C/c3ccc(-c4ccc(C5CO5)c(F)c4F)cc3)c(F)c2F)CC1. The molecule has 1 heterocycles. The molecule has 0 bridgehead atoms. The summed E-state index contributed by atoms with van der Waals surface area (Å²) in [5.74, 6) is -2.59. The second-order valence-corrected chi connectivity index (χ2v) is 9.61. The molecule has 0 aromatic heterocycles. The zero-order valence-electron chi connectivity index (χ0n) is 19.7. The lowest BCUT2D eigenvalue weighted by atomic mass is 9.77. The number of epoxide rings is 1. The predicted molar refractivity (Wildman–Crippen MR) is 131 cm³/mol. The van der Waals surface area contributed by atoms with E-state index in [0.717, 1.165) is 37.7 Å². The zero-order chi connectivity index (χ0) is 24.5. The maximum absolute atomic E-state index is 14.9. The highest BCUT2D eigenvalue weighted by atomic mass is 19.2. The minimum absolute atomic E-state index is 0.0778. The van der Waals surface area contributed by atoms with Crippen molar-refractivity contribution in [2.24, 2.45) is 5.92 Å². The van der Waals surface area contributed by atoms with Crippen molar-refractivity contribution in [2.45, 2.75) is 51.0 Å². The number of rotatable bonds is 6. The van der Waals surface area contributed by atoms with Crippen LogP contribution in [0.15, 0.2) is 48.5 Å². The first-order chi connectivity index (χ1) is 17.0. The van der Waals surface area contributed by atoms with Crippen LogP contribution in [0.3, 0.4) is 0 Å². The molecular formula is C30H28F4O. The Hall–Kier alpha value is -2.92. The Balaban J connectivity index is 1.31. The van der Waals surface area contributed by atoms with E-state index < -0.39 is 23.3 Å². The number of hydrogen-bond donors (Lipinski definition) is 0. The molecule has 0 spiro atoms. The van der Waals surface area contributed by atoms with Crippen LogP contribution >= 0.6 is 0 Å². The van der Waals surface area contributed by atoms with Gasteiger partial charge in [0.15, 0.2) is 23.3 Å². The summed E-state index contributed by atoms with van der Waals surface area (Å²) in [5.41, 5.74) is 2.33. The maximum Gasteiger partial charge on any atom is 0.167 e. The molecule has 0 radical (unpaired) electrons. The second-order valence-electron chi connectivity index (χ2n) is 9.61. The lowest BCUT2D eigenvalue weighted by Crippen LogP contribution is -2.14. The molecule has 0 N–H and O–H groups in total. The molecule has 1 nitrogen and oxygen atoms in total. The first-order valence-corrected chi connectivity index (χ1v) is 12.3. The van der Waals surface area contributed by atoms with Crippen molar-refractivity contribution in [1.29, 1.82) is 0 Å². The second kappa shape index (κ2) is 9.98. The highest BCUT2D eigenvalue weighted by Gasteiger charge is 2.30.